The van der Waals surface area contributed by atoms with Gasteiger partial charge in [0.2, 0.25) is 17.8 Å². The first-order valence-corrected chi connectivity index (χ1v) is 11.7. The lowest BCUT2D eigenvalue weighted by Gasteiger charge is -2.36. The SMILES string of the molecule is COc1cccc(N2CC(C(=O)Nc3cnc(N4CCN(c5ccccc5)CC4)nc3)CC2=O)c1. The first-order chi connectivity index (χ1) is 17.1. The lowest BCUT2D eigenvalue weighted by molar-refractivity contribution is -0.122. The maximum Gasteiger partial charge on any atom is 0.229 e. The van der Waals surface area contributed by atoms with Crippen LogP contribution >= 0.6 is 0 Å². The molecule has 2 aromatic carbocycles. The van der Waals surface area contributed by atoms with E-state index in [0.29, 0.717) is 23.9 Å². The van der Waals surface area contributed by atoms with Crippen molar-refractivity contribution in [3.05, 3.63) is 67.0 Å². The largest absolute Gasteiger partial charge is 0.497 e. The highest BCUT2D eigenvalue weighted by atomic mass is 16.5. The molecule has 3 aromatic rings. The van der Waals surface area contributed by atoms with Crippen LogP contribution in [0.15, 0.2) is 67.0 Å². The fourth-order valence-electron chi connectivity index (χ4n) is 4.51. The van der Waals surface area contributed by atoms with Crippen LogP contribution in [0.5, 0.6) is 5.75 Å². The summed E-state index contributed by atoms with van der Waals surface area (Å²) in [6, 6.07) is 17.7. The summed E-state index contributed by atoms with van der Waals surface area (Å²) >= 11 is 0. The molecule has 2 amide bonds. The number of ether oxygens (including phenoxy) is 1. The number of para-hydroxylation sites is 1. The van der Waals surface area contributed by atoms with Gasteiger partial charge >= 0.3 is 0 Å². The van der Waals surface area contributed by atoms with Gasteiger partial charge in [-0.1, -0.05) is 24.3 Å². The van der Waals surface area contributed by atoms with Crippen molar-refractivity contribution < 1.29 is 14.3 Å². The van der Waals surface area contributed by atoms with Crippen LogP contribution in [-0.4, -0.2) is 61.6 Å². The molecule has 1 aromatic heterocycles. The molecular weight excluding hydrogens is 444 g/mol. The molecule has 2 fully saturated rings. The minimum absolute atomic E-state index is 0.0837. The van der Waals surface area contributed by atoms with Crippen molar-refractivity contribution in [1.82, 2.24) is 9.97 Å². The Balaban J connectivity index is 1.16. The standard InChI is InChI=1S/C26H28N6O3/c1-35-23-9-5-8-22(15-23)32-18-19(14-24(32)33)25(34)29-20-16-27-26(28-17-20)31-12-10-30(11-13-31)21-6-3-2-4-7-21/h2-9,15-17,19H,10-14,18H2,1H3,(H,29,34). The number of nitrogens with zero attached hydrogens (tertiary/aromatic N) is 5. The number of amides is 2. The number of anilines is 4. The predicted molar refractivity (Wildman–Crippen MR) is 135 cm³/mol. The summed E-state index contributed by atoms with van der Waals surface area (Å²) in [4.78, 5) is 40.4. The van der Waals surface area contributed by atoms with Crippen LogP contribution in [0.25, 0.3) is 0 Å². The van der Waals surface area contributed by atoms with Crippen molar-refractivity contribution in [3.63, 3.8) is 0 Å². The molecule has 0 saturated carbocycles. The van der Waals surface area contributed by atoms with E-state index >= 15 is 0 Å². The topological polar surface area (TPSA) is 90.9 Å². The Labute approximate surface area is 204 Å². The molecule has 9 heteroatoms. The Morgan fingerprint density at radius 1 is 0.943 bits per heavy atom. The number of nitrogens with one attached hydrogen (secondary N) is 1. The van der Waals surface area contributed by atoms with E-state index < -0.39 is 5.92 Å². The maximum absolute atomic E-state index is 12.8. The Morgan fingerprint density at radius 2 is 1.63 bits per heavy atom. The van der Waals surface area contributed by atoms with Crippen molar-refractivity contribution in [2.75, 3.05) is 59.9 Å². The highest BCUT2D eigenvalue weighted by Crippen LogP contribution is 2.28. The van der Waals surface area contributed by atoms with E-state index in [0.717, 1.165) is 31.9 Å². The molecule has 2 aliphatic rings. The third kappa shape index (κ3) is 5.03. The summed E-state index contributed by atoms with van der Waals surface area (Å²) in [6.07, 6.45) is 3.41. The third-order valence-electron chi connectivity index (χ3n) is 6.45. The molecule has 35 heavy (non-hydrogen) atoms. The van der Waals surface area contributed by atoms with E-state index in [-0.39, 0.29) is 18.2 Å². The number of hydrogen-bond acceptors (Lipinski definition) is 7. The Bertz CT molecular complexity index is 1180. The van der Waals surface area contributed by atoms with Gasteiger partial charge in [0.1, 0.15) is 5.75 Å². The summed E-state index contributed by atoms with van der Waals surface area (Å²) in [5.74, 6) is 0.577. The number of methoxy groups -OCH3 is 1. The van der Waals surface area contributed by atoms with Crippen molar-refractivity contribution >= 4 is 34.8 Å². The van der Waals surface area contributed by atoms with E-state index in [2.05, 4.69) is 49.4 Å². The van der Waals surface area contributed by atoms with Gasteiger partial charge in [-0.2, -0.15) is 0 Å². The van der Waals surface area contributed by atoms with Gasteiger partial charge in [0.25, 0.3) is 0 Å². The summed E-state index contributed by atoms with van der Waals surface area (Å²) in [5.41, 5.74) is 2.47. The van der Waals surface area contributed by atoms with Crippen molar-refractivity contribution in [3.8, 4) is 5.75 Å². The lowest BCUT2D eigenvalue weighted by atomic mass is 10.1. The molecule has 1 N–H and O–H groups in total. The smallest absolute Gasteiger partial charge is 0.229 e. The van der Waals surface area contributed by atoms with Crippen LogP contribution in [0, 0.1) is 5.92 Å². The van der Waals surface area contributed by atoms with E-state index in [1.807, 2.05) is 24.3 Å². The number of carbonyl (C=O) groups excluding carboxylic acids is 2. The molecule has 0 bridgehead atoms. The minimum atomic E-state index is -0.445. The van der Waals surface area contributed by atoms with Crippen LogP contribution < -0.4 is 24.8 Å². The van der Waals surface area contributed by atoms with Crippen molar-refractivity contribution in [1.29, 1.82) is 0 Å². The minimum Gasteiger partial charge on any atom is -0.497 e. The second kappa shape index (κ2) is 10.0. The van der Waals surface area contributed by atoms with Gasteiger partial charge < -0.3 is 24.8 Å². The zero-order chi connectivity index (χ0) is 24.2. The van der Waals surface area contributed by atoms with E-state index in [1.165, 1.54) is 5.69 Å². The van der Waals surface area contributed by atoms with Crippen LogP contribution in [0.1, 0.15) is 6.42 Å². The average molecular weight is 473 g/mol. The van der Waals surface area contributed by atoms with Gasteiger partial charge in [-0.3, -0.25) is 9.59 Å². The van der Waals surface area contributed by atoms with Gasteiger partial charge in [-0.15, -0.1) is 0 Å². The molecule has 0 spiro atoms. The van der Waals surface area contributed by atoms with Gasteiger partial charge in [0, 0.05) is 56.6 Å². The van der Waals surface area contributed by atoms with E-state index in [9.17, 15) is 9.59 Å². The molecule has 2 aliphatic heterocycles. The van der Waals surface area contributed by atoms with Crippen molar-refractivity contribution in [2.45, 2.75) is 6.42 Å². The summed E-state index contributed by atoms with van der Waals surface area (Å²) < 4.78 is 5.24. The lowest BCUT2D eigenvalue weighted by Crippen LogP contribution is -2.47. The fourth-order valence-corrected chi connectivity index (χ4v) is 4.51. The molecule has 1 unspecified atom stereocenters. The Hall–Kier alpha value is -4.14. The maximum atomic E-state index is 12.8. The first kappa shape index (κ1) is 22.6. The first-order valence-electron chi connectivity index (χ1n) is 11.7. The monoisotopic (exact) mass is 472 g/mol. The second-order valence-corrected chi connectivity index (χ2v) is 8.68. The number of aromatic nitrogens is 2. The highest BCUT2D eigenvalue weighted by Gasteiger charge is 2.35. The van der Waals surface area contributed by atoms with E-state index in [1.54, 1.807) is 30.5 Å². The molecule has 1 atom stereocenters. The van der Waals surface area contributed by atoms with Crippen LogP contribution in [0.4, 0.5) is 23.0 Å². The van der Waals surface area contributed by atoms with Gasteiger partial charge in [-0.05, 0) is 24.3 Å². The number of piperazine rings is 1. The normalized spacial score (nSPS) is 18.0. The molecule has 0 radical (unpaired) electrons. The Kier molecular flexibility index (Phi) is 6.47. The summed E-state index contributed by atoms with van der Waals surface area (Å²) in [5, 5.41) is 2.86. The van der Waals surface area contributed by atoms with Crippen LogP contribution in [0.3, 0.4) is 0 Å². The Morgan fingerprint density at radius 3 is 2.34 bits per heavy atom. The molecule has 0 aliphatic carbocycles. The average Bonchev–Trinajstić information content (AvgIpc) is 3.31. The van der Waals surface area contributed by atoms with Crippen LogP contribution in [-0.2, 0) is 9.59 Å². The van der Waals surface area contributed by atoms with Gasteiger partial charge in [-0.25, -0.2) is 9.97 Å². The molecular formula is C26H28N6O3. The number of hydrogen-bond donors (Lipinski definition) is 1. The zero-order valence-electron chi connectivity index (χ0n) is 19.6. The molecule has 9 nitrogen and oxygen atoms in total. The highest BCUT2D eigenvalue weighted by molar-refractivity contribution is 6.03. The molecule has 2 saturated heterocycles. The van der Waals surface area contributed by atoms with Crippen molar-refractivity contribution in [2.24, 2.45) is 5.92 Å². The zero-order valence-corrected chi connectivity index (χ0v) is 19.6. The van der Waals surface area contributed by atoms with Gasteiger partial charge in [0.15, 0.2) is 0 Å². The number of carbonyl (C=O) groups is 2. The molecule has 180 valence electrons. The van der Waals surface area contributed by atoms with Gasteiger partial charge in [0.05, 0.1) is 31.1 Å². The molecule has 5 rings (SSSR count). The number of rotatable bonds is 6. The van der Waals surface area contributed by atoms with Crippen LogP contribution in [0.2, 0.25) is 0 Å². The second-order valence-electron chi connectivity index (χ2n) is 8.68. The summed E-state index contributed by atoms with van der Waals surface area (Å²) in [7, 11) is 1.58. The summed E-state index contributed by atoms with van der Waals surface area (Å²) in [6.45, 7) is 3.76. The quantitative estimate of drug-likeness (QED) is 0.590. The molecule has 3 heterocycles. The predicted octanol–water partition coefficient (Wildman–Crippen LogP) is 2.80. The van der Waals surface area contributed by atoms with E-state index in [4.69, 9.17) is 4.74 Å². The number of benzene rings is 2. The third-order valence-corrected chi connectivity index (χ3v) is 6.45. The fraction of sp³-hybridized carbons (Fsp3) is 0.308.